The molecule has 1 aromatic heterocycles. The Kier molecular flexibility index (Phi) is 5.96. The number of anilines is 1. The highest BCUT2D eigenvalue weighted by Gasteiger charge is 2.13. The first-order valence-corrected chi connectivity index (χ1v) is 8.16. The van der Waals surface area contributed by atoms with Crippen molar-refractivity contribution in [3.8, 4) is 6.07 Å². The van der Waals surface area contributed by atoms with E-state index in [-0.39, 0.29) is 17.0 Å². The lowest BCUT2D eigenvalue weighted by Crippen LogP contribution is -2.26. The predicted molar refractivity (Wildman–Crippen MR) is 97.1 cm³/mol. The van der Waals surface area contributed by atoms with E-state index in [1.807, 2.05) is 30.3 Å². The highest BCUT2D eigenvalue weighted by molar-refractivity contribution is 5.76. The Morgan fingerprint density at radius 2 is 1.92 bits per heavy atom. The van der Waals surface area contributed by atoms with Crippen LogP contribution < -0.4 is 16.6 Å². The van der Waals surface area contributed by atoms with E-state index in [9.17, 15) is 9.59 Å². The van der Waals surface area contributed by atoms with E-state index in [0.29, 0.717) is 30.6 Å². The fourth-order valence-electron chi connectivity index (χ4n) is 2.78. The van der Waals surface area contributed by atoms with E-state index >= 15 is 0 Å². The van der Waals surface area contributed by atoms with Crippen molar-refractivity contribution in [2.45, 2.75) is 33.1 Å². The quantitative estimate of drug-likeness (QED) is 0.696. The number of nitrogen functional groups attached to an aromatic ring is 1. The zero-order valence-electron chi connectivity index (χ0n) is 14.5. The van der Waals surface area contributed by atoms with Crippen molar-refractivity contribution >= 4 is 11.6 Å². The molecule has 1 heterocycles. The summed E-state index contributed by atoms with van der Waals surface area (Å²) in [6.45, 7) is 4.08. The molecular formula is C19H22N4O2. The topological polar surface area (TPSA) is 112 Å². The second kappa shape index (κ2) is 8.15. The minimum atomic E-state index is -0.380. The standard InChI is InChI=1S/C19H22N4O2/c1-12-16(13(2)23-19(25)17(12)11-20)7-8-18(24)22-10-9-14-3-5-15(21)6-4-14/h3-6H,7-10,21H2,1-2H3,(H,22,24)(H,23,25). The summed E-state index contributed by atoms with van der Waals surface area (Å²) in [5, 5.41) is 12.0. The highest BCUT2D eigenvalue weighted by Crippen LogP contribution is 2.14. The van der Waals surface area contributed by atoms with Crippen LogP contribution in [0.25, 0.3) is 0 Å². The van der Waals surface area contributed by atoms with Crippen LogP contribution in [0.2, 0.25) is 0 Å². The molecule has 25 heavy (non-hydrogen) atoms. The second-order valence-electron chi connectivity index (χ2n) is 6.01. The lowest BCUT2D eigenvalue weighted by atomic mass is 9.99. The van der Waals surface area contributed by atoms with Gasteiger partial charge in [0.2, 0.25) is 5.91 Å². The van der Waals surface area contributed by atoms with Crippen LogP contribution in [-0.2, 0) is 17.6 Å². The number of benzene rings is 1. The number of aryl methyl sites for hydroxylation is 1. The summed E-state index contributed by atoms with van der Waals surface area (Å²) in [6.07, 6.45) is 1.53. The molecule has 0 radical (unpaired) electrons. The lowest BCUT2D eigenvalue weighted by molar-refractivity contribution is -0.121. The largest absolute Gasteiger partial charge is 0.399 e. The summed E-state index contributed by atoms with van der Waals surface area (Å²) in [7, 11) is 0. The first kappa shape index (κ1) is 18.3. The molecule has 1 aromatic carbocycles. The summed E-state index contributed by atoms with van der Waals surface area (Å²) in [5.41, 5.74) is 9.41. The summed E-state index contributed by atoms with van der Waals surface area (Å²) in [6, 6.07) is 9.48. The summed E-state index contributed by atoms with van der Waals surface area (Å²) >= 11 is 0. The van der Waals surface area contributed by atoms with Gasteiger partial charge in [-0.05, 0) is 55.5 Å². The molecule has 0 saturated heterocycles. The van der Waals surface area contributed by atoms with Crippen LogP contribution in [0.3, 0.4) is 0 Å². The van der Waals surface area contributed by atoms with Gasteiger partial charge in [-0.2, -0.15) is 5.26 Å². The third-order valence-corrected chi connectivity index (χ3v) is 4.24. The number of carbonyl (C=O) groups excluding carboxylic acids is 1. The normalized spacial score (nSPS) is 10.3. The third kappa shape index (κ3) is 4.70. The van der Waals surface area contributed by atoms with Crippen LogP contribution in [0.5, 0.6) is 0 Å². The number of nitrogens with zero attached hydrogens (tertiary/aromatic N) is 1. The van der Waals surface area contributed by atoms with Gasteiger partial charge < -0.3 is 16.0 Å². The number of H-pyrrole nitrogens is 1. The Bertz CT molecular complexity index is 861. The minimum Gasteiger partial charge on any atom is -0.399 e. The van der Waals surface area contributed by atoms with Crippen molar-refractivity contribution < 1.29 is 4.79 Å². The number of aromatic nitrogens is 1. The smallest absolute Gasteiger partial charge is 0.266 e. The van der Waals surface area contributed by atoms with Crippen LogP contribution >= 0.6 is 0 Å². The number of hydrogen-bond donors (Lipinski definition) is 3. The van der Waals surface area contributed by atoms with Gasteiger partial charge in [-0.15, -0.1) is 0 Å². The van der Waals surface area contributed by atoms with Gasteiger partial charge in [0.25, 0.3) is 5.56 Å². The fraction of sp³-hybridized carbons (Fsp3) is 0.316. The first-order chi connectivity index (χ1) is 11.9. The molecule has 0 fully saturated rings. The van der Waals surface area contributed by atoms with Gasteiger partial charge in [0.15, 0.2) is 0 Å². The molecule has 0 atom stereocenters. The van der Waals surface area contributed by atoms with Crippen LogP contribution in [-0.4, -0.2) is 17.4 Å². The number of nitriles is 1. The Hall–Kier alpha value is -3.07. The first-order valence-electron chi connectivity index (χ1n) is 8.16. The SMILES string of the molecule is Cc1[nH]c(=O)c(C#N)c(C)c1CCC(=O)NCCc1ccc(N)cc1. The van der Waals surface area contributed by atoms with E-state index < -0.39 is 0 Å². The minimum absolute atomic E-state index is 0.0565. The van der Waals surface area contributed by atoms with Crippen molar-refractivity contribution in [3.05, 3.63) is 62.6 Å². The number of nitrogens with two attached hydrogens (primary N) is 1. The molecule has 0 aliphatic rings. The molecule has 1 amide bonds. The van der Waals surface area contributed by atoms with Crippen LogP contribution in [0.1, 0.15) is 34.4 Å². The summed E-state index contributed by atoms with van der Waals surface area (Å²) in [5.74, 6) is -0.0565. The number of amides is 1. The van der Waals surface area contributed by atoms with Crippen LogP contribution in [0, 0.1) is 25.2 Å². The molecule has 0 unspecified atom stereocenters. The van der Waals surface area contributed by atoms with Gasteiger partial charge in [0.05, 0.1) is 0 Å². The predicted octanol–water partition coefficient (Wildman–Crippen LogP) is 1.74. The molecule has 0 aliphatic carbocycles. The highest BCUT2D eigenvalue weighted by atomic mass is 16.1. The number of carbonyl (C=O) groups is 1. The second-order valence-corrected chi connectivity index (χ2v) is 6.01. The number of pyridine rings is 1. The van der Waals surface area contributed by atoms with Gasteiger partial charge in [-0.1, -0.05) is 12.1 Å². The summed E-state index contributed by atoms with van der Waals surface area (Å²) < 4.78 is 0. The monoisotopic (exact) mass is 338 g/mol. The van der Waals surface area contributed by atoms with E-state index in [2.05, 4.69) is 10.3 Å². The lowest BCUT2D eigenvalue weighted by Gasteiger charge is -2.11. The number of hydrogen-bond acceptors (Lipinski definition) is 4. The van der Waals surface area contributed by atoms with Gasteiger partial charge in [-0.25, -0.2) is 0 Å². The van der Waals surface area contributed by atoms with E-state index in [1.165, 1.54) is 0 Å². The van der Waals surface area contributed by atoms with Crippen molar-refractivity contribution in [1.29, 1.82) is 5.26 Å². The number of aromatic amines is 1. The van der Waals surface area contributed by atoms with Gasteiger partial charge in [0.1, 0.15) is 11.6 Å². The summed E-state index contributed by atoms with van der Waals surface area (Å²) in [4.78, 5) is 26.4. The Morgan fingerprint density at radius 3 is 2.56 bits per heavy atom. The maximum Gasteiger partial charge on any atom is 0.266 e. The zero-order chi connectivity index (χ0) is 18.4. The Morgan fingerprint density at radius 1 is 1.24 bits per heavy atom. The number of nitrogens with one attached hydrogen (secondary N) is 2. The van der Waals surface area contributed by atoms with Crippen molar-refractivity contribution in [2.75, 3.05) is 12.3 Å². The maximum absolute atomic E-state index is 12.0. The fourth-order valence-corrected chi connectivity index (χ4v) is 2.78. The molecule has 6 nitrogen and oxygen atoms in total. The van der Waals surface area contributed by atoms with Crippen molar-refractivity contribution in [2.24, 2.45) is 0 Å². The molecular weight excluding hydrogens is 316 g/mol. The molecule has 6 heteroatoms. The van der Waals surface area contributed by atoms with E-state index in [1.54, 1.807) is 13.8 Å². The third-order valence-electron chi connectivity index (χ3n) is 4.24. The van der Waals surface area contributed by atoms with Crippen LogP contribution in [0.4, 0.5) is 5.69 Å². The van der Waals surface area contributed by atoms with E-state index in [0.717, 1.165) is 23.2 Å². The molecule has 0 bridgehead atoms. The number of rotatable bonds is 6. The Labute approximate surface area is 146 Å². The van der Waals surface area contributed by atoms with Crippen LogP contribution in [0.15, 0.2) is 29.1 Å². The molecule has 0 spiro atoms. The van der Waals surface area contributed by atoms with E-state index in [4.69, 9.17) is 11.0 Å². The van der Waals surface area contributed by atoms with Crippen molar-refractivity contribution in [1.82, 2.24) is 10.3 Å². The average molecular weight is 338 g/mol. The molecule has 2 rings (SSSR count). The van der Waals surface area contributed by atoms with Gasteiger partial charge in [-0.3, -0.25) is 9.59 Å². The zero-order valence-corrected chi connectivity index (χ0v) is 14.5. The van der Waals surface area contributed by atoms with Gasteiger partial charge in [0, 0.05) is 24.3 Å². The van der Waals surface area contributed by atoms with Crippen molar-refractivity contribution in [3.63, 3.8) is 0 Å². The molecule has 0 saturated carbocycles. The molecule has 2 aromatic rings. The molecule has 4 N–H and O–H groups in total. The molecule has 0 aliphatic heterocycles. The Balaban J connectivity index is 1.89. The maximum atomic E-state index is 12.0. The average Bonchev–Trinajstić information content (AvgIpc) is 2.56. The van der Waals surface area contributed by atoms with Gasteiger partial charge >= 0.3 is 0 Å². The molecule has 130 valence electrons.